The number of nitrogens with zero attached hydrogens (tertiary/aromatic N) is 1. The Bertz CT molecular complexity index is 933. The first-order valence-electron chi connectivity index (χ1n) is 8.59. The first-order valence-corrected chi connectivity index (χ1v) is 8.97. The number of benzene rings is 2. The molecule has 2 rings (SSSR count). The zero-order chi connectivity index (χ0) is 20.7. The number of ether oxygens (including phenoxy) is 2. The van der Waals surface area contributed by atoms with Crippen LogP contribution in [0.25, 0.3) is 0 Å². The monoisotopic (exact) mass is 399 g/mol. The summed E-state index contributed by atoms with van der Waals surface area (Å²) in [5, 5.41) is 15.5. The molecule has 0 aromatic heterocycles. The lowest BCUT2D eigenvalue weighted by Gasteiger charge is -2.14. The lowest BCUT2D eigenvalue weighted by molar-refractivity contribution is -0.112. The quantitative estimate of drug-likeness (QED) is 0.509. The number of carbonyl (C=O) groups excluding carboxylic acids is 1. The highest BCUT2D eigenvalue weighted by molar-refractivity contribution is 6.32. The Morgan fingerprint density at radius 2 is 1.82 bits per heavy atom. The first-order chi connectivity index (χ1) is 13.4. The molecule has 6 nitrogen and oxygen atoms in total. The third-order valence-corrected chi connectivity index (χ3v) is 4.34. The van der Waals surface area contributed by atoms with Gasteiger partial charge in [0, 0.05) is 24.0 Å². The summed E-state index contributed by atoms with van der Waals surface area (Å²) >= 11 is 6.09. The minimum Gasteiger partial charge on any atom is -0.495 e. The Balaban J connectivity index is 2.25. The second-order valence-corrected chi connectivity index (χ2v) is 6.60. The summed E-state index contributed by atoms with van der Waals surface area (Å²) in [6, 6.07) is 12.6. The fraction of sp³-hybridized carbons (Fsp3) is 0.238. The van der Waals surface area contributed by atoms with Crippen LogP contribution >= 0.6 is 11.6 Å². The van der Waals surface area contributed by atoms with E-state index >= 15 is 0 Å². The van der Waals surface area contributed by atoms with Gasteiger partial charge in [-0.25, -0.2) is 0 Å². The van der Waals surface area contributed by atoms with Crippen LogP contribution in [0.5, 0.6) is 11.5 Å². The molecule has 2 aromatic carbocycles. The molecule has 0 radical (unpaired) electrons. The van der Waals surface area contributed by atoms with Gasteiger partial charge in [0.1, 0.15) is 23.1 Å². The van der Waals surface area contributed by atoms with Gasteiger partial charge < -0.3 is 20.1 Å². The van der Waals surface area contributed by atoms with Gasteiger partial charge in [-0.1, -0.05) is 43.6 Å². The summed E-state index contributed by atoms with van der Waals surface area (Å²) in [6.07, 6.45) is 1.32. The van der Waals surface area contributed by atoms with E-state index in [-0.39, 0.29) is 11.5 Å². The van der Waals surface area contributed by atoms with Gasteiger partial charge in [-0.3, -0.25) is 4.79 Å². The molecule has 0 atom stereocenters. The van der Waals surface area contributed by atoms with E-state index in [1.54, 1.807) is 12.1 Å². The van der Waals surface area contributed by atoms with Crippen LogP contribution in [0, 0.1) is 11.3 Å². The molecule has 146 valence electrons. The first kappa shape index (κ1) is 21.1. The average molecular weight is 400 g/mol. The highest BCUT2D eigenvalue weighted by atomic mass is 35.5. The second kappa shape index (κ2) is 9.67. The van der Waals surface area contributed by atoms with Crippen molar-refractivity contribution in [2.24, 2.45) is 0 Å². The van der Waals surface area contributed by atoms with Crippen LogP contribution in [0.1, 0.15) is 25.3 Å². The normalized spacial score (nSPS) is 11.0. The molecule has 0 saturated heterocycles. The van der Waals surface area contributed by atoms with Crippen molar-refractivity contribution in [1.82, 2.24) is 0 Å². The number of rotatable bonds is 7. The highest BCUT2D eigenvalue weighted by Crippen LogP contribution is 2.36. The van der Waals surface area contributed by atoms with Crippen molar-refractivity contribution in [1.29, 1.82) is 5.26 Å². The van der Waals surface area contributed by atoms with E-state index in [1.165, 1.54) is 20.4 Å². The summed E-state index contributed by atoms with van der Waals surface area (Å²) in [4.78, 5) is 12.6. The van der Waals surface area contributed by atoms with Crippen LogP contribution in [0.15, 0.2) is 48.2 Å². The number of carbonyl (C=O) groups is 1. The van der Waals surface area contributed by atoms with E-state index in [0.29, 0.717) is 27.9 Å². The Morgan fingerprint density at radius 1 is 1.14 bits per heavy atom. The fourth-order valence-corrected chi connectivity index (χ4v) is 2.81. The van der Waals surface area contributed by atoms with Gasteiger partial charge in [0.25, 0.3) is 5.91 Å². The Labute approximate surface area is 169 Å². The van der Waals surface area contributed by atoms with E-state index in [4.69, 9.17) is 21.1 Å². The van der Waals surface area contributed by atoms with Gasteiger partial charge in [-0.2, -0.15) is 5.26 Å². The third kappa shape index (κ3) is 4.96. The van der Waals surface area contributed by atoms with Crippen molar-refractivity contribution in [3.63, 3.8) is 0 Å². The zero-order valence-corrected chi connectivity index (χ0v) is 16.9. The second-order valence-electron chi connectivity index (χ2n) is 6.20. The number of anilines is 2. The minimum absolute atomic E-state index is 0.0884. The summed E-state index contributed by atoms with van der Waals surface area (Å²) in [7, 11) is 2.99. The van der Waals surface area contributed by atoms with Crippen molar-refractivity contribution < 1.29 is 14.3 Å². The number of halogens is 1. The molecule has 1 amide bonds. The Hall–Kier alpha value is -3.17. The third-order valence-electron chi connectivity index (χ3n) is 4.04. The van der Waals surface area contributed by atoms with Crippen LogP contribution < -0.4 is 20.1 Å². The number of hydrogen-bond acceptors (Lipinski definition) is 5. The van der Waals surface area contributed by atoms with E-state index in [0.717, 1.165) is 5.56 Å². The number of methoxy groups -OCH3 is 2. The standard InChI is InChI=1S/C21H22ClN3O3/c1-13(2)15-7-5-6-8-17(15)25-21(26)14(11-23)12-24-18-10-19(27-3)16(22)9-20(18)28-4/h5-10,12-13,24H,1-4H3,(H,25,26)/b14-12-. The maximum atomic E-state index is 12.6. The van der Waals surface area contributed by atoms with Gasteiger partial charge in [0.05, 0.1) is 24.9 Å². The topological polar surface area (TPSA) is 83.4 Å². The van der Waals surface area contributed by atoms with E-state index in [2.05, 4.69) is 10.6 Å². The molecule has 0 heterocycles. The summed E-state index contributed by atoms with van der Waals surface area (Å²) in [5.41, 5.74) is 2.08. The molecule has 0 bridgehead atoms. The van der Waals surface area contributed by atoms with E-state index in [1.807, 2.05) is 44.2 Å². The molecule has 2 aromatic rings. The largest absolute Gasteiger partial charge is 0.495 e. The molecule has 2 N–H and O–H groups in total. The predicted octanol–water partition coefficient (Wildman–Crippen LogP) is 4.94. The molecule has 0 unspecified atom stereocenters. The molecule has 0 fully saturated rings. The Kier molecular flexibility index (Phi) is 7.30. The molecular weight excluding hydrogens is 378 g/mol. The van der Waals surface area contributed by atoms with Crippen molar-refractivity contribution >= 4 is 28.9 Å². The molecule has 0 aliphatic heterocycles. The van der Waals surface area contributed by atoms with Crippen molar-refractivity contribution in [3.8, 4) is 17.6 Å². The number of nitrogens with one attached hydrogen (secondary N) is 2. The molecule has 0 saturated carbocycles. The van der Waals surface area contributed by atoms with Gasteiger partial charge in [0.2, 0.25) is 0 Å². The summed E-state index contributed by atoms with van der Waals surface area (Å²) in [5.74, 6) is 0.606. The van der Waals surface area contributed by atoms with Gasteiger partial charge in [-0.05, 0) is 17.5 Å². The average Bonchev–Trinajstić information content (AvgIpc) is 2.69. The van der Waals surface area contributed by atoms with Crippen molar-refractivity contribution in [2.75, 3.05) is 24.9 Å². The van der Waals surface area contributed by atoms with Crippen LogP contribution in [-0.4, -0.2) is 20.1 Å². The lowest BCUT2D eigenvalue weighted by atomic mass is 10.0. The van der Waals surface area contributed by atoms with Gasteiger partial charge >= 0.3 is 0 Å². The van der Waals surface area contributed by atoms with E-state index in [9.17, 15) is 10.1 Å². The smallest absolute Gasteiger partial charge is 0.267 e. The molecule has 0 aliphatic rings. The fourth-order valence-electron chi connectivity index (χ4n) is 2.58. The van der Waals surface area contributed by atoms with Crippen LogP contribution in [0.2, 0.25) is 5.02 Å². The van der Waals surface area contributed by atoms with E-state index < -0.39 is 5.91 Å². The molecule has 0 aliphatic carbocycles. The minimum atomic E-state index is -0.511. The summed E-state index contributed by atoms with van der Waals surface area (Å²) < 4.78 is 10.5. The number of para-hydroxylation sites is 1. The Morgan fingerprint density at radius 3 is 2.43 bits per heavy atom. The summed E-state index contributed by atoms with van der Waals surface area (Å²) in [6.45, 7) is 4.07. The lowest BCUT2D eigenvalue weighted by Crippen LogP contribution is -2.16. The van der Waals surface area contributed by atoms with Crippen LogP contribution in [0.4, 0.5) is 11.4 Å². The van der Waals surface area contributed by atoms with Gasteiger partial charge in [0.15, 0.2) is 0 Å². The van der Waals surface area contributed by atoms with Gasteiger partial charge in [-0.15, -0.1) is 0 Å². The molecule has 0 spiro atoms. The van der Waals surface area contributed by atoms with Crippen molar-refractivity contribution in [3.05, 3.63) is 58.8 Å². The molecule has 7 heteroatoms. The number of hydrogen-bond donors (Lipinski definition) is 2. The molecule has 28 heavy (non-hydrogen) atoms. The predicted molar refractivity (Wildman–Crippen MR) is 111 cm³/mol. The maximum Gasteiger partial charge on any atom is 0.267 e. The zero-order valence-electron chi connectivity index (χ0n) is 16.2. The highest BCUT2D eigenvalue weighted by Gasteiger charge is 2.14. The SMILES string of the molecule is COc1cc(N/C=C(/C#N)C(=O)Nc2ccccc2C(C)C)c(OC)cc1Cl. The number of nitriles is 1. The van der Waals surface area contributed by atoms with Crippen LogP contribution in [0.3, 0.4) is 0 Å². The molecular formula is C21H22ClN3O3. The van der Waals surface area contributed by atoms with Crippen LogP contribution in [-0.2, 0) is 4.79 Å². The maximum absolute atomic E-state index is 12.6. The number of amides is 1. The van der Waals surface area contributed by atoms with Crippen molar-refractivity contribution in [2.45, 2.75) is 19.8 Å².